The van der Waals surface area contributed by atoms with E-state index in [0.717, 1.165) is 11.3 Å². The van der Waals surface area contributed by atoms with Gasteiger partial charge in [0.2, 0.25) is 26.8 Å². The second-order valence-corrected chi connectivity index (χ2v) is 9.55. The summed E-state index contributed by atoms with van der Waals surface area (Å²) in [7, 11) is -1.65. The average molecular weight is 418 g/mol. The van der Waals surface area contributed by atoms with Gasteiger partial charge in [0, 0.05) is 20.0 Å². The van der Waals surface area contributed by atoms with E-state index in [1.54, 1.807) is 13.1 Å². The second kappa shape index (κ2) is 8.87. The van der Waals surface area contributed by atoms with E-state index in [4.69, 9.17) is 4.42 Å². The van der Waals surface area contributed by atoms with E-state index in [1.165, 1.54) is 0 Å². The molecule has 2 heterocycles. The molecule has 0 unspecified atom stereocenters. The van der Waals surface area contributed by atoms with Gasteiger partial charge < -0.3 is 8.98 Å². The van der Waals surface area contributed by atoms with Crippen LogP contribution in [0.4, 0.5) is 0 Å². The molecule has 0 bridgehead atoms. The lowest BCUT2D eigenvalue weighted by atomic mass is 10.2. The number of nitrogens with zero attached hydrogens (tertiary/aromatic N) is 5. The first kappa shape index (κ1) is 21.2. The number of rotatable bonds is 9. The molecule has 0 fully saturated rings. The first-order chi connectivity index (χ1) is 13.7. The molecule has 29 heavy (non-hydrogen) atoms. The Kier molecular flexibility index (Phi) is 6.49. The van der Waals surface area contributed by atoms with Gasteiger partial charge in [-0.1, -0.05) is 44.2 Å². The van der Waals surface area contributed by atoms with E-state index in [9.17, 15) is 8.42 Å². The van der Waals surface area contributed by atoms with E-state index in [1.807, 2.05) is 46.8 Å². The maximum absolute atomic E-state index is 13.1. The van der Waals surface area contributed by atoms with Gasteiger partial charge in [-0.25, -0.2) is 13.4 Å². The molecule has 8 nitrogen and oxygen atoms in total. The lowest BCUT2D eigenvalue weighted by Crippen LogP contribution is -2.22. The Hall–Kier alpha value is -2.52. The summed E-state index contributed by atoms with van der Waals surface area (Å²) in [5, 5.41) is 7.97. The minimum Gasteiger partial charge on any atom is -0.424 e. The van der Waals surface area contributed by atoms with Crippen molar-refractivity contribution in [1.29, 1.82) is 0 Å². The molecule has 9 heteroatoms. The van der Waals surface area contributed by atoms with Crippen LogP contribution >= 0.6 is 0 Å². The second-order valence-electron chi connectivity index (χ2n) is 7.67. The Morgan fingerprint density at radius 2 is 1.86 bits per heavy atom. The summed E-state index contributed by atoms with van der Waals surface area (Å²) in [4.78, 5) is 6.29. The summed E-state index contributed by atoms with van der Waals surface area (Å²) in [6.45, 7) is 7.43. The van der Waals surface area contributed by atoms with Crippen LogP contribution in [0.25, 0.3) is 0 Å². The van der Waals surface area contributed by atoms with Crippen molar-refractivity contribution in [2.75, 3.05) is 7.05 Å². The van der Waals surface area contributed by atoms with Crippen molar-refractivity contribution in [2.24, 2.45) is 5.92 Å². The molecule has 1 aromatic carbocycles. The van der Waals surface area contributed by atoms with Crippen LogP contribution < -0.4 is 0 Å². The van der Waals surface area contributed by atoms with E-state index in [-0.39, 0.29) is 16.8 Å². The molecule has 0 atom stereocenters. The topological polar surface area (TPSA) is 94.1 Å². The van der Waals surface area contributed by atoms with Crippen LogP contribution in [0.2, 0.25) is 0 Å². The van der Waals surface area contributed by atoms with Crippen molar-refractivity contribution in [3.8, 4) is 0 Å². The van der Waals surface area contributed by atoms with Gasteiger partial charge in [-0.3, -0.25) is 4.90 Å². The predicted molar refractivity (Wildman–Crippen MR) is 109 cm³/mol. The van der Waals surface area contributed by atoms with Gasteiger partial charge in [0.15, 0.2) is 0 Å². The van der Waals surface area contributed by atoms with Crippen LogP contribution in [0.15, 0.2) is 46.1 Å². The average Bonchev–Trinajstić information content (AvgIpc) is 3.22. The summed E-state index contributed by atoms with van der Waals surface area (Å²) >= 11 is 0. The molecule has 0 amide bonds. The maximum Gasteiger partial charge on any atom is 0.230 e. The SMILES string of the molecule is Cc1nnc(CN(C)Cc2cnc(S(=O)(=O)Cc3ccccc3)n2CC(C)C)o1. The molecule has 0 aliphatic heterocycles. The van der Waals surface area contributed by atoms with Crippen LogP contribution in [0.1, 0.15) is 36.9 Å². The smallest absolute Gasteiger partial charge is 0.230 e. The molecular formula is C20H27N5O3S. The third-order valence-electron chi connectivity index (χ3n) is 4.33. The van der Waals surface area contributed by atoms with E-state index in [0.29, 0.717) is 31.4 Å². The minimum atomic E-state index is -3.57. The van der Waals surface area contributed by atoms with Crippen LogP contribution in [0.3, 0.4) is 0 Å². The number of aromatic nitrogens is 4. The highest BCUT2D eigenvalue weighted by molar-refractivity contribution is 7.90. The van der Waals surface area contributed by atoms with E-state index >= 15 is 0 Å². The Labute approximate surface area is 171 Å². The Balaban J connectivity index is 1.84. The summed E-state index contributed by atoms with van der Waals surface area (Å²) in [6, 6.07) is 9.17. The molecule has 0 spiro atoms. The minimum absolute atomic E-state index is 0.0700. The molecule has 0 N–H and O–H groups in total. The first-order valence-electron chi connectivity index (χ1n) is 9.53. The molecule has 3 aromatic rings. The van der Waals surface area contributed by atoms with Gasteiger partial charge in [0.05, 0.1) is 24.2 Å². The quantitative estimate of drug-likeness (QED) is 0.528. The zero-order valence-corrected chi connectivity index (χ0v) is 18.1. The summed E-state index contributed by atoms with van der Waals surface area (Å²) in [5.74, 6) is 1.25. The van der Waals surface area contributed by atoms with Crippen molar-refractivity contribution in [2.45, 2.75) is 51.3 Å². The van der Waals surface area contributed by atoms with Crippen molar-refractivity contribution in [1.82, 2.24) is 24.6 Å². The Bertz CT molecular complexity index is 1040. The van der Waals surface area contributed by atoms with E-state index in [2.05, 4.69) is 29.0 Å². The molecule has 0 saturated heterocycles. The predicted octanol–water partition coefficient (Wildman–Crippen LogP) is 2.84. The summed E-state index contributed by atoms with van der Waals surface area (Å²) in [6.07, 6.45) is 1.65. The van der Waals surface area contributed by atoms with Crippen LogP contribution in [0.5, 0.6) is 0 Å². The van der Waals surface area contributed by atoms with Crippen molar-refractivity contribution >= 4 is 9.84 Å². The first-order valence-corrected chi connectivity index (χ1v) is 11.2. The highest BCUT2D eigenvalue weighted by Gasteiger charge is 2.25. The normalized spacial score (nSPS) is 12.2. The lowest BCUT2D eigenvalue weighted by Gasteiger charge is -2.18. The van der Waals surface area contributed by atoms with Crippen molar-refractivity contribution in [3.63, 3.8) is 0 Å². The Morgan fingerprint density at radius 1 is 1.14 bits per heavy atom. The van der Waals surface area contributed by atoms with Crippen LogP contribution in [-0.2, 0) is 35.2 Å². The molecular weight excluding hydrogens is 390 g/mol. The van der Waals surface area contributed by atoms with Gasteiger partial charge >= 0.3 is 0 Å². The van der Waals surface area contributed by atoms with Gasteiger partial charge in [0.1, 0.15) is 0 Å². The molecule has 0 radical (unpaired) electrons. The fourth-order valence-electron chi connectivity index (χ4n) is 3.15. The number of aryl methyl sites for hydroxylation is 1. The third-order valence-corrected chi connectivity index (χ3v) is 5.93. The fraction of sp³-hybridized carbons (Fsp3) is 0.450. The highest BCUT2D eigenvalue weighted by Crippen LogP contribution is 2.20. The maximum atomic E-state index is 13.1. The summed E-state index contributed by atoms with van der Waals surface area (Å²) in [5.41, 5.74) is 1.58. The lowest BCUT2D eigenvalue weighted by molar-refractivity contribution is 0.269. The van der Waals surface area contributed by atoms with Gasteiger partial charge in [-0.2, -0.15) is 0 Å². The van der Waals surface area contributed by atoms with Gasteiger partial charge in [0.25, 0.3) is 0 Å². The zero-order valence-electron chi connectivity index (χ0n) is 17.2. The highest BCUT2D eigenvalue weighted by atomic mass is 32.2. The Morgan fingerprint density at radius 3 is 2.48 bits per heavy atom. The van der Waals surface area contributed by atoms with E-state index < -0.39 is 9.84 Å². The fourth-order valence-corrected chi connectivity index (χ4v) is 4.65. The zero-order chi connectivity index (χ0) is 21.0. The molecule has 3 rings (SSSR count). The van der Waals surface area contributed by atoms with Crippen molar-refractivity contribution in [3.05, 3.63) is 59.6 Å². The van der Waals surface area contributed by atoms with Crippen LogP contribution in [0, 0.1) is 12.8 Å². The van der Waals surface area contributed by atoms with Crippen molar-refractivity contribution < 1.29 is 12.8 Å². The molecule has 156 valence electrons. The monoisotopic (exact) mass is 417 g/mol. The summed E-state index contributed by atoms with van der Waals surface area (Å²) < 4.78 is 33.4. The third kappa shape index (κ3) is 5.51. The molecule has 0 aliphatic carbocycles. The number of sulfone groups is 1. The van der Waals surface area contributed by atoms with Crippen LogP contribution in [-0.4, -0.2) is 40.1 Å². The standard InChI is InChI=1S/C20H27N5O3S/c1-15(2)11-25-18(12-24(4)13-19-23-22-16(3)28-19)10-21-20(25)29(26,27)14-17-8-6-5-7-9-17/h5-10,15H,11-14H2,1-4H3. The number of hydrogen-bond donors (Lipinski definition) is 0. The molecule has 0 aliphatic rings. The number of benzene rings is 1. The van der Waals surface area contributed by atoms with Gasteiger partial charge in [-0.15, -0.1) is 10.2 Å². The number of imidazole rings is 1. The number of hydrogen-bond acceptors (Lipinski definition) is 7. The molecule has 2 aromatic heterocycles. The van der Waals surface area contributed by atoms with Gasteiger partial charge in [-0.05, 0) is 18.5 Å². The largest absolute Gasteiger partial charge is 0.424 e. The molecule has 0 saturated carbocycles.